The topological polar surface area (TPSA) is 41.1 Å². The zero-order valence-electron chi connectivity index (χ0n) is 11.9. The number of nitrogens with one attached hydrogen (secondary N) is 2. The van der Waals surface area contributed by atoms with Crippen LogP contribution in [0, 0.1) is 12.8 Å². The lowest BCUT2D eigenvalue weighted by atomic mass is 10.0. The number of rotatable bonds is 4. The van der Waals surface area contributed by atoms with Crippen molar-refractivity contribution in [2.75, 3.05) is 18.4 Å². The summed E-state index contributed by atoms with van der Waals surface area (Å²) < 4.78 is 38.0. The Morgan fingerprint density at radius 1 is 1.43 bits per heavy atom. The number of anilines is 1. The van der Waals surface area contributed by atoms with E-state index in [0.29, 0.717) is 17.9 Å². The van der Waals surface area contributed by atoms with Crippen molar-refractivity contribution >= 4 is 11.6 Å². The predicted molar refractivity (Wildman–Crippen MR) is 75.0 cm³/mol. The van der Waals surface area contributed by atoms with Crippen LogP contribution in [-0.4, -0.2) is 19.0 Å². The van der Waals surface area contributed by atoms with Crippen molar-refractivity contribution in [1.29, 1.82) is 0 Å². The number of carbonyl (C=O) groups excluding carboxylic acids is 1. The lowest BCUT2D eigenvalue weighted by Gasteiger charge is -2.13. The van der Waals surface area contributed by atoms with Crippen LogP contribution in [0.2, 0.25) is 0 Å². The summed E-state index contributed by atoms with van der Waals surface area (Å²) >= 11 is 0. The highest BCUT2D eigenvalue weighted by Crippen LogP contribution is 2.32. The molecule has 0 radical (unpaired) electrons. The number of carbonyl (C=O) groups is 1. The van der Waals surface area contributed by atoms with Crippen molar-refractivity contribution in [1.82, 2.24) is 5.32 Å². The maximum Gasteiger partial charge on any atom is 0.416 e. The van der Waals surface area contributed by atoms with Crippen molar-refractivity contribution in [3.8, 4) is 0 Å². The number of halogens is 3. The molecule has 1 fully saturated rings. The minimum atomic E-state index is -4.40. The van der Waals surface area contributed by atoms with Gasteiger partial charge in [0.2, 0.25) is 5.91 Å². The van der Waals surface area contributed by atoms with Crippen molar-refractivity contribution in [2.45, 2.75) is 32.4 Å². The van der Waals surface area contributed by atoms with Crippen LogP contribution in [0.5, 0.6) is 0 Å². The smallest absolute Gasteiger partial charge is 0.326 e. The fourth-order valence-corrected chi connectivity index (χ4v) is 2.44. The number of hydrogen-bond donors (Lipinski definition) is 2. The summed E-state index contributed by atoms with van der Waals surface area (Å²) in [6.07, 6.45) is -2.25. The van der Waals surface area contributed by atoms with E-state index >= 15 is 0 Å². The van der Waals surface area contributed by atoms with E-state index in [1.54, 1.807) is 6.92 Å². The molecule has 0 aromatic heterocycles. The molecule has 1 atom stereocenters. The zero-order chi connectivity index (χ0) is 15.5. The van der Waals surface area contributed by atoms with Gasteiger partial charge < -0.3 is 10.6 Å². The second kappa shape index (κ2) is 6.47. The minimum Gasteiger partial charge on any atom is -0.326 e. The Morgan fingerprint density at radius 3 is 2.81 bits per heavy atom. The van der Waals surface area contributed by atoms with Gasteiger partial charge in [0.05, 0.1) is 5.56 Å². The maximum atomic E-state index is 12.7. The minimum absolute atomic E-state index is 0.232. The molecule has 1 amide bonds. The van der Waals surface area contributed by atoms with Crippen LogP contribution in [0.4, 0.5) is 18.9 Å². The van der Waals surface area contributed by atoms with E-state index < -0.39 is 11.7 Å². The van der Waals surface area contributed by atoms with Gasteiger partial charge in [-0.1, -0.05) is 6.07 Å². The van der Waals surface area contributed by atoms with Crippen LogP contribution in [-0.2, 0) is 11.0 Å². The second-order valence-electron chi connectivity index (χ2n) is 5.47. The highest BCUT2D eigenvalue weighted by Gasteiger charge is 2.30. The van der Waals surface area contributed by atoms with E-state index in [-0.39, 0.29) is 11.6 Å². The molecule has 1 unspecified atom stereocenters. The first-order valence-corrected chi connectivity index (χ1v) is 7.04. The normalized spacial score (nSPS) is 18.8. The number of aryl methyl sites for hydroxylation is 1. The van der Waals surface area contributed by atoms with Crippen molar-refractivity contribution in [2.24, 2.45) is 5.92 Å². The van der Waals surface area contributed by atoms with Gasteiger partial charge >= 0.3 is 6.18 Å². The van der Waals surface area contributed by atoms with E-state index in [4.69, 9.17) is 0 Å². The van der Waals surface area contributed by atoms with Crippen molar-refractivity contribution in [3.63, 3.8) is 0 Å². The molecule has 1 aromatic rings. The molecule has 1 aliphatic heterocycles. The summed E-state index contributed by atoms with van der Waals surface area (Å²) in [5, 5.41) is 5.81. The van der Waals surface area contributed by atoms with Crippen LogP contribution >= 0.6 is 0 Å². The van der Waals surface area contributed by atoms with Gasteiger partial charge in [0, 0.05) is 12.1 Å². The van der Waals surface area contributed by atoms with Gasteiger partial charge in [-0.05, 0) is 56.5 Å². The third-order valence-corrected chi connectivity index (χ3v) is 3.78. The molecule has 0 bridgehead atoms. The molecule has 0 spiro atoms. The molecular weight excluding hydrogens is 281 g/mol. The van der Waals surface area contributed by atoms with Crippen LogP contribution in [0.25, 0.3) is 0 Å². The number of hydrogen-bond acceptors (Lipinski definition) is 2. The first-order valence-electron chi connectivity index (χ1n) is 7.04. The molecule has 2 N–H and O–H groups in total. The van der Waals surface area contributed by atoms with Crippen LogP contribution in [0.3, 0.4) is 0 Å². The summed E-state index contributed by atoms with van der Waals surface area (Å²) in [7, 11) is 0. The average Bonchev–Trinajstić information content (AvgIpc) is 2.91. The molecule has 1 heterocycles. The van der Waals surface area contributed by atoms with Gasteiger partial charge in [-0.3, -0.25) is 4.79 Å². The molecule has 116 valence electrons. The quantitative estimate of drug-likeness (QED) is 0.895. The van der Waals surface area contributed by atoms with Crippen molar-refractivity contribution < 1.29 is 18.0 Å². The average molecular weight is 300 g/mol. The summed E-state index contributed by atoms with van der Waals surface area (Å²) in [5.74, 6) is 0.252. The molecule has 1 aromatic carbocycles. The van der Waals surface area contributed by atoms with E-state index in [1.807, 2.05) is 0 Å². The molecular formula is C15H19F3N2O. The Kier molecular flexibility index (Phi) is 4.88. The molecule has 0 saturated carbocycles. The van der Waals surface area contributed by atoms with Gasteiger partial charge in [-0.25, -0.2) is 0 Å². The zero-order valence-corrected chi connectivity index (χ0v) is 11.9. The van der Waals surface area contributed by atoms with E-state index in [9.17, 15) is 18.0 Å². The van der Waals surface area contributed by atoms with Crippen LogP contribution < -0.4 is 10.6 Å². The predicted octanol–water partition coefficient (Wildman–Crippen LogP) is 3.34. The van der Waals surface area contributed by atoms with Crippen LogP contribution in [0.1, 0.15) is 30.4 Å². The van der Waals surface area contributed by atoms with Gasteiger partial charge in [0.1, 0.15) is 0 Å². The molecule has 1 saturated heterocycles. The number of benzene rings is 1. The summed E-state index contributed by atoms with van der Waals surface area (Å²) in [6, 6.07) is 3.39. The fraction of sp³-hybridized carbons (Fsp3) is 0.533. The Morgan fingerprint density at radius 2 is 2.19 bits per heavy atom. The van der Waals surface area contributed by atoms with Gasteiger partial charge in [-0.15, -0.1) is 0 Å². The van der Waals surface area contributed by atoms with Gasteiger partial charge in [0.15, 0.2) is 0 Å². The molecule has 21 heavy (non-hydrogen) atoms. The van der Waals surface area contributed by atoms with Gasteiger partial charge in [-0.2, -0.15) is 13.2 Å². The third-order valence-electron chi connectivity index (χ3n) is 3.78. The first-order chi connectivity index (χ1) is 9.86. The molecule has 6 heteroatoms. The molecule has 0 aliphatic carbocycles. The van der Waals surface area contributed by atoms with Crippen molar-refractivity contribution in [3.05, 3.63) is 29.3 Å². The van der Waals surface area contributed by atoms with E-state index in [0.717, 1.165) is 38.1 Å². The fourth-order valence-electron chi connectivity index (χ4n) is 2.44. The summed E-state index contributed by atoms with van der Waals surface area (Å²) in [6.45, 7) is 3.56. The Hall–Kier alpha value is -1.56. The largest absolute Gasteiger partial charge is 0.416 e. The standard InChI is InChI=1S/C15H19F3N2O/c1-10-2-4-12(15(16,17)18)8-13(10)20-14(21)5-3-11-6-7-19-9-11/h2,4,8,11,19H,3,5-7,9H2,1H3,(H,20,21). The molecule has 2 rings (SSSR count). The monoisotopic (exact) mass is 300 g/mol. The highest BCUT2D eigenvalue weighted by molar-refractivity contribution is 5.91. The van der Waals surface area contributed by atoms with E-state index in [2.05, 4.69) is 10.6 Å². The Labute approximate surface area is 121 Å². The second-order valence-corrected chi connectivity index (χ2v) is 5.47. The lowest BCUT2D eigenvalue weighted by Crippen LogP contribution is -2.16. The van der Waals surface area contributed by atoms with Crippen LogP contribution in [0.15, 0.2) is 18.2 Å². The first kappa shape index (κ1) is 15.8. The summed E-state index contributed by atoms with van der Waals surface area (Å²) in [5.41, 5.74) is 0.113. The number of alkyl halides is 3. The SMILES string of the molecule is Cc1ccc(C(F)(F)F)cc1NC(=O)CCC1CCNC1. The third kappa shape index (κ3) is 4.46. The molecule has 1 aliphatic rings. The summed E-state index contributed by atoms with van der Waals surface area (Å²) in [4.78, 5) is 11.9. The highest BCUT2D eigenvalue weighted by atomic mass is 19.4. The lowest BCUT2D eigenvalue weighted by molar-refractivity contribution is -0.137. The Balaban J connectivity index is 1.96. The molecule has 3 nitrogen and oxygen atoms in total. The number of amides is 1. The maximum absolute atomic E-state index is 12.7. The Bertz CT molecular complexity index is 508. The van der Waals surface area contributed by atoms with Gasteiger partial charge in [0.25, 0.3) is 0 Å². The van der Waals surface area contributed by atoms with E-state index in [1.165, 1.54) is 6.07 Å².